The minimum atomic E-state index is -4.94. The van der Waals surface area contributed by atoms with Crippen molar-refractivity contribution in [2.75, 3.05) is 0 Å². The second kappa shape index (κ2) is 5.15. The molecule has 1 aromatic heterocycles. The van der Waals surface area contributed by atoms with Crippen LogP contribution in [0.2, 0.25) is 0 Å². The van der Waals surface area contributed by atoms with Gasteiger partial charge in [0.25, 0.3) is 11.7 Å². The highest BCUT2D eigenvalue weighted by atomic mass is 35.5. The highest BCUT2D eigenvalue weighted by Gasteiger charge is 2.37. The second-order valence-corrected chi connectivity index (χ2v) is 3.55. The summed E-state index contributed by atoms with van der Waals surface area (Å²) in [4.78, 5) is 13.6. The van der Waals surface area contributed by atoms with Crippen molar-refractivity contribution in [3.8, 4) is 0 Å². The Bertz CT molecular complexity index is 475. The summed E-state index contributed by atoms with van der Waals surface area (Å²) in [7, 11) is 0. The first-order chi connectivity index (χ1) is 8.18. The normalized spacial score (nSPS) is 12.0. The fourth-order valence-electron chi connectivity index (χ4n) is 1.29. The van der Waals surface area contributed by atoms with Crippen LogP contribution in [-0.2, 0) is 12.7 Å². The Morgan fingerprint density at radius 1 is 1.44 bits per heavy atom. The van der Waals surface area contributed by atoms with Gasteiger partial charge in [-0.1, -0.05) is 0 Å². The van der Waals surface area contributed by atoms with Crippen LogP contribution < -0.4 is 5.73 Å². The van der Waals surface area contributed by atoms with E-state index in [1.54, 1.807) is 0 Å². The maximum Gasteiger partial charge on any atom is 0.433 e. The number of pyridine rings is 1. The Morgan fingerprint density at radius 3 is 2.33 bits per heavy atom. The van der Waals surface area contributed by atoms with E-state index in [9.17, 15) is 26.7 Å². The zero-order valence-corrected chi connectivity index (χ0v) is 9.32. The molecule has 2 N–H and O–H groups in total. The van der Waals surface area contributed by atoms with Gasteiger partial charge in [-0.15, -0.1) is 0 Å². The van der Waals surface area contributed by atoms with Crippen LogP contribution in [0.1, 0.15) is 33.7 Å². The molecule has 1 heterocycles. The number of hydrogen-bond donors (Lipinski definition) is 1. The smallest absolute Gasteiger partial charge is 0.326 e. The molecule has 0 fully saturated rings. The van der Waals surface area contributed by atoms with Gasteiger partial charge in [0.05, 0.1) is 5.56 Å². The van der Waals surface area contributed by atoms with Crippen LogP contribution in [0.15, 0.2) is 6.07 Å². The highest BCUT2D eigenvalue weighted by Crippen LogP contribution is 2.34. The number of carbonyl (C=O) groups excluding carboxylic acids is 1. The zero-order valence-electron chi connectivity index (χ0n) is 8.56. The molecule has 1 rings (SSSR count). The molecule has 0 radical (unpaired) electrons. The highest BCUT2D eigenvalue weighted by molar-refractivity contribution is 6.67. The number of rotatable bonds is 3. The number of alkyl halides is 5. The SMILES string of the molecule is NCc1cc(C(=O)Cl)c(C(F)F)nc1C(F)(F)F. The Labute approximate surface area is 103 Å². The summed E-state index contributed by atoms with van der Waals surface area (Å²) >= 11 is 5.01. The molecule has 0 aliphatic rings. The molecule has 0 saturated heterocycles. The van der Waals surface area contributed by atoms with E-state index in [-0.39, 0.29) is 0 Å². The largest absolute Gasteiger partial charge is 0.433 e. The number of aromatic nitrogens is 1. The molecule has 3 nitrogen and oxygen atoms in total. The predicted octanol–water partition coefficient (Wildman–Crippen LogP) is 2.88. The maximum atomic E-state index is 12.5. The van der Waals surface area contributed by atoms with Gasteiger partial charge in [-0.2, -0.15) is 13.2 Å². The predicted molar refractivity (Wildman–Crippen MR) is 52.3 cm³/mol. The Morgan fingerprint density at radius 2 is 2.00 bits per heavy atom. The van der Waals surface area contributed by atoms with Crippen molar-refractivity contribution in [1.29, 1.82) is 0 Å². The molecular weight excluding hydrogens is 283 g/mol. The first kappa shape index (κ1) is 14.8. The molecule has 0 aliphatic heterocycles. The topological polar surface area (TPSA) is 56.0 Å². The van der Waals surface area contributed by atoms with Crippen molar-refractivity contribution in [1.82, 2.24) is 4.98 Å². The molecule has 0 bridgehead atoms. The lowest BCUT2D eigenvalue weighted by Gasteiger charge is -2.14. The van der Waals surface area contributed by atoms with Crippen molar-refractivity contribution >= 4 is 16.8 Å². The average Bonchev–Trinajstić information content (AvgIpc) is 2.25. The van der Waals surface area contributed by atoms with E-state index in [0.717, 1.165) is 0 Å². The minimum absolute atomic E-state index is 0.573. The Kier molecular flexibility index (Phi) is 4.23. The third-order valence-corrected chi connectivity index (χ3v) is 2.24. The minimum Gasteiger partial charge on any atom is -0.326 e. The summed E-state index contributed by atoms with van der Waals surface area (Å²) < 4.78 is 62.6. The number of carbonyl (C=O) groups is 1. The van der Waals surface area contributed by atoms with Gasteiger partial charge in [0.15, 0.2) is 0 Å². The zero-order chi connectivity index (χ0) is 14.1. The second-order valence-electron chi connectivity index (χ2n) is 3.21. The molecule has 0 spiro atoms. The van der Waals surface area contributed by atoms with Crippen molar-refractivity contribution in [3.63, 3.8) is 0 Å². The van der Waals surface area contributed by atoms with Crippen molar-refractivity contribution in [2.45, 2.75) is 19.1 Å². The summed E-state index contributed by atoms with van der Waals surface area (Å²) in [6, 6.07) is 0.590. The van der Waals surface area contributed by atoms with Gasteiger partial charge in [0.1, 0.15) is 11.4 Å². The van der Waals surface area contributed by atoms with Crippen LogP contribution in [0.5, 0.6) is 0 Å². The van der Waals surface area contributed by atoms with Crippen LogP contribution in [0.4, 0.5) is 22.0 Å². The maximum absolute atomic E-state index is 12.5. The summed E-state index contributed by atoms with van der Waals surface area (Å²) in [5.41, 5.74) is 0.864. The molecule has 18 heavy (non-hydrogen) atoms. The molecule has 0 aliphatic carbocycles. The van der Waals surface area contributed by atoms with Crippen LogP contribution in [-0.4, -0.2) is 10.2 Å². The molecule has 0 unspecified atom stereocenters. The van der Waals surface area contributed by atoms with E-state index in [2.05, 4.69) is 4.98 Å². The molecule has 0 saturated carbocycles. The van der Waals surface area contributed by atoms with Gasteiger partial charge < -0.3 is 5.73 Å². The van der Waals surface area contributed by atoms with Gasteiger partial charge in [0.2, 0.25) is 0 Å². The molecule has 0 atom stereocenters. The van der Waals surface area contributed by atoms with Crippen LogP contribution in [0.3, 0.4) is 0 Å². The molecule has 100 valence electrons. The van der Waals surface area contributed by atoms with Crippen molar-refractivity contribution in [2.24, 2.45) is 5.73 Å². The monoisotopic (exact) mass is 288 g/mol. The summed E-state index contributed by atoms with van der Waals surface area (Å²) in [6.45, 7) is -0.609. The van der Waals surface area contributed by atoms with E-state index in [0.29, 0.717) is 6.07 Å². The number of hydrogen-bond acceptors (Lipinski definition) is 3. The third kappa shape index (κ3) is 2.94. The van der Waals surface area contributed by atoms with E-state index < -0.39 is 46.9 Å². The lowest BCUT2D eigenvalue weighted by molar-refractivity contribution is -0.142. The lowest BCUT2D eigenvalue weighted by atomic mass is 10.1. The van der Waals surface area contributed by atoms with Gasteiger partial charge in [-0.05, 0) is 23.2 Å². The fourth-order valence-corrected chi connectivity index (χ4v) is 1.45. The standard InChI is InChI=1S/C9H6ClF5N2O/c10-7(18)4-1-3(2-16)6(9(13,14)15)17-5(4)8(11)12/h1,8H,2,16H2. The van der Waals surface area contributed by atoms with Gasteiger partial charge in [0, 0.05) is 6.54 Å². The molecule has 0 amide bonds. The van der Waals surface area contributed by atoms with Gasteiger partial charge in [-0.25, -0.2) is 13.8 Å². The third-order valence-electron chi connectivity index (χ3n) is 2.04. The summed E-state index contributed by atoms with van der Waals surface area (Å²) in [5.74, 6) is 0. The molecule has 9 heteroatoms. The van der Waals surface area contributed by atoms with Crippen LogP contribution in [0.25, 0.3) is 0 Å². The van der Waals surface area contributed by atoms with E-state index in [1.807, 2.05) is 0 Å². The molecular formula is C9H6ClF5N2O. The lowest BCUT2D eigenvalue weighted by Crippen LogP contribution is -2.18. The van der Waals surface area contributed by atoms with E-state index in [4.69, 9.17) is 17.3 Å². The molecule has 1 aromatic rings. The Balaban J connectivity index is 3.57. The van der Waals surface area contributed by atoms with E-state index >= 15 is 0 Å². The summed E-state index contributed by atoms with van der Waals surface area (Å²) in [5, 5.41) is -1.32. The van der Waals surface area contributed by atoms with Gasteiger partial charge >= 0.3 is 6.18 Å². The average molecular weight is 289 g/mol. The van der Waals surface area contributed by atoms with Gasteiger partial charge in [-0.3, -0.25) is 4.79 Å². The molecule has 0 aromatic carbocycles. The number of nitrogens with zero attached hydrogens (tertiary/aromatic N) is 1. The quantitative estimate of drug-likeness (QED) is 0.687. The number of halogens is 6. The Hall–Kier alpha value is -1.28. The van der Waals surface area contributed by atoms with Crippen molar-refractivity contribution < 1.29 is 26.7 Å². The van der Waals surface area contributed by atoms with E-state index in [1.165, 1.54) is 0 Å². The number of nitrogens with two attached hydrogens (primary N) is 1. The van der Waals surface area contributed by atoms with Crippen LogP contribution in [0, 0.1) is 0 Å². The first-order valence-electron chi connectivity index (χ1n) is 4.47. The fraction of sp³-hybridized carbons (Fsp3) is 0.333. The summed E-state index contributed by atoms with van der Waals surface area (Å²) in [6.07, 6.45) is -8.29. The first-order valence-corrected chi connectivity index (χ1v) is 4.85. The van der Waals surface area contributed by atoms with Crippen molar-refractivity contribution in [3.05, 3.63) is 28.6 Å². The van der Waals surface area contributed by atoms with Crippen LogP contribution >= 0.6 is 11.6 Å².